The first-order valence-corrected chi connectivity index (χ1v) is 8.16. The fourth-order valence-electron chi connectivity index (χ4n) is 2.99. The number of hydrogen-bond acceptors (Lipinski definition) is 3. The second-order valence-electron chi connectivity index (χ2n) is 6.27. The standard InChI is InChI=1S/C17H23N3O3/c1-11(19-17(22)18-9-12-6-7-23-10-12)13-2-4-15-14(8-13)3-5-16(21)20-15/h2,4,8,11-12H,3,5-7,9-10H2,1H3,(H,20,21)(H2,18,19,22)/t11-,12-/m0/s1. The number of amides is 3. The molecule has 0 bridgehead atoms. The maximum atomic E-state index is 12.0. The fraction of sp³-hybridized carbons (Fsp3) is 0.529. The van der Waals surface area contributed by atoms with Gasteiger partial charge in [-0.1, -0.05) is 12.1 Å². The van der Waals surface area contributed by atoms with E-state index in [-0.39, 0.29) is 18.0 Å². The SMILES string of the molecule is C[C@H](NC(=O)NC[C@@H]1CCOC1)c1ccc2c(c1)CCC(=O)N2. The van der Waals surface area contributed by atoms with Crippen molar-refractivity contribution in [2.75, 3.05) is 25.1 Å². The smallest absolute Gasteiger partial charge is 0.315 e. The molecule has 6 heteroatoms. The monoisotopic (exact) mass is 317 g/mol. The Labute approximate surface area is 136 Å². The van der Waals surface area contributed by atoms with Gasteiger partial charge < -0.3 is 20.7 Å². The fourth-order valence-corrected chi connectivity index (χ4v) is 2.99. The second kappa shape index (κ2) is 7.00. The number of nitrogens with one attached hydrogen (secondary N) is 3. The maximum absolute atomic E-state index is 12.0. The topological polar surface area (TPSA) is 79.5 Å². The van der Waals surface area contributed by atoms with Crippen LogP contribution in [-0.4, -0.2) is 31.7 Å². The van der Waals surface area contributed by atoms with Gasteiger partial charge >= 0.3 is 6.03 Å². The van der Waals surface area contributed by atoms with Crippen molar-refractivity contribution in [3.63, 3.8) is 0 Å². The molecule has 1 saturated heterocycles. The van der Waals surface area contributed by atoms with Crippen molar-refractivity contribution in [2.45, 2.75) is 32.2 Å². The van der Waals surface area contributed by atoms with Gasteiger partial charge in [0.2, 0.25) is 5.91 Å². The third-order valence-electron chi connectivity index (χ3n) is 4.45. The molecule has 2 atom stereocenters. The number of anilines is 1. The van der Waals surface area contributed by atoms with E-state index in [4.69, 9.17) is 4.74 Å². The largest absolute Gasteiger partial charge is 0.381 e. The molecular weight excluding hydrogens is 294 g/mol. The average molecular weight is 317 g/mol. The lowest BCUT2D eigenvalue weighted by Gasteiger charge is -2.21. The van der Waals surface area contributed by atoms with Crippen molar-refractivity contribution < 1.29 is 14.3 Å². The quantitative estimate of drug-likeness (QED) is 0.794. The zero-order valence-electron chi connectivity index (χ0n) is 13.4. The van der Waals surface area contributed by atoms with E-state index in [1.807, 2.05) is 19.1 Å². The number of urea groups is 1. The van der Waals surface area contributed by atoms with E-state index in [1.54, 1.807) is 0 Å². The summed E-state index contributed by atoms with van der Waals surface area (Å²) in [5.41, 5.74) is 3.04. The zero-order valence-corrected chi connectivity index (χ0v) is 13.4. The van der Waals surface area contributed by atoms with Crippen LogP contribution in [0.25, 0.3) is 0 Å². The van der Waals surface area contributed by atoms with E-state index in [1.165, 1.54) is 0 Å². The Hall–Kier alpha value is -2.08. The van der Waals surface area contributed by atoms with Crippen molar-refractivity contribution in [3.8, 4) is 0 Å². The van der Waals surface area contributed by atoms with Gasteiger partial charge in [-0.2, -0.15) is 0 Å². The minimum atomic E-state index is -0.157. The third-order valence-corrected chi connectivity index (χ3v) is 4.45. The first-order valence-electron chi connectivity index (χ1n) is 8.16. The van der Waals surface area contributed by atoms with Gasteiger partial charge in [-0.15, -0.1) is 0 Å². The molecule has 0 radical (unpaired) electrons. The van der Waals surface area contributed by atoms with E-state index in [0.29, 0.717) is 18.9 Å². The van der Waals surface area contributed by atoms with Crippen LogP contribution in [0.3, 0.4) is 0 Å². The summed E-state index contributed by atoms with van der Waals surface area (Å²) in [4.78, 5) is 23.4. The van der Waals surface area contributed by atoms with Crippen LogP contribution in [0.2, 0.25) is 0 Å². The normalized spacial score (nSPS) is 21.3. The lowest BCUT2D eigenvalue weighted by Crippen LogP contribution is -2.39. The molecule has 0 saturated carbocycles. The third kappa shape index (κ3) is 4.01. The predicted octanol–water partition coefficient (Wildman–Crippen LogP) is 1.97. The van der Waals surface area contributed by atoms with E-state index < -0.39 is 0 Å². The minimum Gasteiger partial charge on any atom is -0.381 e. The highest BCUT2D eigenvalue weighted by molar-refractivity contribution is 5.93. The maximum Gasteiger partial charge on any atom is 0.315 e. The summed E-state index contributed by atoms with van der Waals surface area (Å²) < 4.78 is 5.30. The highest BCUT2D eigenvalue weighted by Gasteiger charge is 2.19. The molecule has 0 spiro atoms. The second-order valence-corrected chi connectivity index (χ2v) is 6.27. The molecule has 2 aliphatic heterocycles. The summed E-state index contributed by atoms with van der Waals surface area (Å²) >= 11 is 0. The summed E-state index contributed by atoms with van der Waals surface area (Å²) in [6, 6.07) is 5.67. The Morgan fingerprint density at radius 3 is 3.09 bits per heavy atom. The van der Waals surface area contributed by atoms with Gasteiger partial charge in [0.1, 0.15) is 0 Å². The number of carbonyl (C=O) groups excluding carboxylic acids is 2. The van der Waals surface area contributed by atoms with Crippen LogP contribution in [0.15, 0.2) is 18.2 Å². The Balaban J connectivity index is 1.54. The first-order chi connectivity index (χ1) is 11.1. The molecule has 1 fully saturated rings. The van der Waals surface area contributed by atoms with Gasteiger partial charge in [0, 0.05) is 31.2 Å². The van der Waals surface area contributed by atoms with Crippen molar-refractivity contribution >= 4 is 17.6 Å². The van der Waals surface area contributed by atoms with Gasteiger partial charge in [0.05, 0.1) is 12.6 Å². The van der Waals surface area contributed by atoms with Gasteiger partial charge in [0.25, 0.3) is 0 Å². The van der Waals surface area contributed by atoms with Crippen LogP contribution in [-0.2, 0) is 16.0 Å². The minimum absolute atomic E-state index is 0.0618. The Morgan fingerprint density at radius 2 is 2.30 bits per heavy atom. The number of benzene rings is 1. The summed E-state index contributed by atoms with van der Waals surface area (Å²) in [7, 11) is 0. The molecule has 124 valence electrons. The lowest BCUT2D eigenvalue weighted by molar-refractivity contribution is -0.116. The molecule has 23 heavy (non-hydrogen) atoms. The van der Waals surface area contributed by atoms with E-state index in [2.05, 4.69) is 22.0 Å². The molecule has 0 aromatic heterocycles. The molecular formula is C17H23N3O3. The number of fused-ring (bicyclic) bond motifs is 1. The molecule has 2 aliphatic rings. The number of rotatable bonds is 4. The van der Waals surface area contributed by atoms with Crippen LogP contribution < -0.4 is 16.0 Å². The molecule has 0 unspecified atom stereocenters. The Bertz CT molecular complexity index is 597. The van der Waals surface area contributed by atoms with Crippen molar-refractivity contribution in [3.05, 3.63) is 29.3 Å². The predicted molar refractivity (Wildman–Crippen MR) is 87.3 cm³/mol. The molecule has 2 heterocycles. The molecule has 0 aliphatic carbocycles. The van der Waals surface area contributed by atoms with Crippen LogP contribution in [0.5, 0.6) is 0 Å². The molecule has 1 aromatic carbocycles. The Kier molecular flexibility index (Phi) is 4.81. The van der Waals surface area contributed by atoms with E-state index in [0.717, 1.165) is 42.9 Å². The van der Waals surface area contributed by atoms with Gasteiger partial charge in [-0.25, -0.2) is 4.79 Å². The number of aryl methyl sites for hydroxylation is 1. The van der Waals surface area contributed by atoms with Gasteiger partial charge in [-0.3, -0.25) is 4.79 Å². The zero-order chi connectivity index (χ0) is 16.2. The van der Waals surface area contributed by atoms with Crippen molar-refractivity contribution in [1.82, 2.24) is 10.6 Å². The highest BCUT2D eigenvalue weighted by Crippen LogP contribution is 2.26. The summed E-state index contributed by atoms with van der Waals surface area (Å²) in [5, 5.41) is 8.73. The van der Waals surface area contributed by atoms with Gasteiger partial charge in [-0.05, 0) is 37.0 Å². The van der Waals surface area contributed by atoms with E-state index >= 15 is 0 Å². The van der Waals surface area contributed by atoms with Crippen LogP contribution in [0.1, 0.15) is 36.9 Å². The van der Waals surface area contributed by atoms with Crippen LogP contribution >= 0.6 is 0 Å². The number of carbonyl (C=O) groups is 2. The summed E-state index contributed by atoms with van der Waals surface area (Å²) in [5.74, 6) is 0.482. The van der Waals surface area contributed by atoms with Crippen molar-refractivity contribution in [1.29, 1.82) is 0 Å². The van der Waals surface area contributed by atoms with Crippen LogP contribution in [0, 0.1) is 5.92 Å². The number of hydrogen-bond donors (Lipinski definition) is 3. The summed E-state index contributed by atoms with van der Waals surface area (Å²) in [6.45, 7) is 4.12. The highest BCUT2D eigenvalue weighted by atomic mass is 16.5. The molecule has 3 rings (SSSR count). The van der Waals surface area contributed by atoms with Crippen molar-refractivity contribution in [2.24, 2.45) is 5.92 Å². The molecule has 3 amide bonds. The Morgan fingerprint density at radius 1 is 1.43 bits per heavy atom. The first kappa shape index (κ1) is 15.8. The molecule has 1 aromatic rings. The summed E-state index contributed by atoms with van der Waals surface area (Å²) in [6.07, 6.45) is 2.27. The van der Waals surface area contributed by atoms with Gasteiger partial charge in [0.15, 0.2) is 0 Å². The lowest BCUT2D eigenvalue weighted by atomic mass is 9.98. The molecule has 6 nitrogen and oxygen atoms in total. The van der Waals surface area contributed by atoms with Crippen LogP contribution in [0.4, 0.5) is 10.5 Å². The van der Waals surface area contributed by atoms with E-state index in [9.17, 15) is 9.59 Å². The average Bonchev–Trinajstić information content (AvgIpc) is 3.05. The number of ether oxygens (including phenoxy) is 1. The molecule has 3 N–H and O–H groups in total.